The molecular weight excluding hydrogens is 1360 g/mol. The van der Waals surface area contributed by atoms with Crippen LogP contribution in [0.3, 0.4) is 0 Å². The molecule has 103 heavy (non-hydrogen) atoms. The number of benzene rings is 8. The molecule has 4 aliphatic rings. The SMILES string of the molecule is O=C(OC1Cc2c(O)c(O)cc(C3c4c(O)cc(O)cc4OC(c4cc(O)c(O)c(O)c4)C3C(=O)c3cc(O)c(=O)c4c(O)c(O)cc(C5Oc6cc(O)cc(O)c6CC5O)c4c3)c2OC1c1cc(O)c(O)c(O)c1)c1ccc2c(C3Oc4cc(O)cc(O)c4CC3O)cc(O)c(O)c2c(=O)c1O. The molecule has 9 atom stereocenters. The van der Waals surface area contributed by atoms with Gasteiger partial charge in [0.15, 0.2) is 105 Å². The first-order chi connectivity index (χ1) is 48.8. The Bertz CT molecular complexity index is 5470. The summed E-state index contributed by atoms with van der Waals surface area (Å²) in [5.74, 6) is -28.2. The number of carbonyl (C=O) groups excluding carboxylic acids is 2. The number of hydrogen-bond donors (Lipinski definition) is 22. The van der Waals surface area contributed by atoms with Crippen molar-refractivity contribution in [2.45, 2.75) is 67.9 Å². The lowest BCUT2D eigenvalue weighted by atomic mass is 9.69. The third kappa shape index (κ3) is 10.8. The van der Waals surface area contributed by atoms with Crippen molar-refractivity contribution in [2.24, 2.45) is 5.92 Å². The van der Waals surface area contributed by atoms with Crippen LogP contribution < -0.4 is 29.8 Å². The Labute approximate surface area is 573 Å². The minimum absolute atomic E-state index is 0.00570. The molecule has 0 bridgehead atoms. The molecule has 22 N–H and O–H groups in total. The molecule has 31 heteroatoms. The van der Waals surface area contributed by atoms with E-state index in [9.17, 15) is 127 Å². The molecule has 0 saturated heterocycles. The summed E-state index contributed by atoms with van der Waals surface area (Å²) in [6.45, 7) is 0. The van der Waals surface area contributed by atoms with Crippen molar-refractivity contribution >= 4 is 33.3 Å². The fourth-order valence-electron chi connectivity index (χ4n) is 14.1. The number of phenols is 18. The average Bonchev–Trinajstić information content (AvgIpc) is 1.35. The Balaban J connectivity index is 0.952. The first-order valence-electron chi connectivity index (χ1n) is 30.8. The lowest BCUT2D eigenvalue weighted by Crippen LogP contribution is -2.38. The molecule has 10 aromatic rings. The van der Waals surface area contributed by atoms with Crippen LogP contribution in [-0.2, 0) is 24.0 Å². The highest BCUT2D eigenvalue weighted by atomic mass is 16.6. The Hall–Kier alpha value is -13.7. The third-order valence-corrected chi connectivity index (χ3v) is 18.8. The maximum absolute atomic E-state index is 16.5. The molecule has 0 fully saturated rings. The minimum Gasteiger partial charge on any atom is -0.508 e. The number of esters is 1. The summed E-state index contributed by atoms with van der Waals surface area (Å²) in [6, 6.07) is 14.8. The fraction of sp³-hybridized carbons (Fsp3) is 0.167. The topological polar surface area (TPSA) is 559 Å². The smallest absolute Gasteiger partial charge is 0.342 e. The number of ether oxygens (including phenoxy) is 5. The van der Waals surface area contributed by atoms with Crippen molar-refractivity contribution in [3.8, 4) is 138 Å². The molecule has 10 aromatic carbocycles. The van der Waals surface area contributed by atoms with E-state index in [1.807, 2.05) is 0 Å². The number of ketones is 1. The van der Waals surface area contributed by atoms with Crippen LogP contribution >= 0.6 is 0 Å². The van der Waals surface area contributed by atoms with E-state index in [-0.39, 0.29) is 45.6 Å². The number of Topliss-reactive ketones (excluding diaryl/α,β-unsaturated/α-hetero) is 1. The molecule has 528 valence electrons. The quantitative estimate of drug-likeness (QED) is 0.0413. The largest absolute Gasteiger partial charge is 0.508 e. The van der Waals surface area contributed by atoms with Gasteiger partial charge in [-0.15, -0.1) is 0 Å². The first kappa shape index (κ1) is 66.5. The van der Waals surface area contributed by atoms with Crippen molar-refractivity contribution in [2.75, 3.05) is 0 Å². The standard InChI is InChI=1S/C72H54O31/c73-24-9-36(76)32-17-47(87)70(99-49(32)12-24)30-15-45(85)64(95)54-27(30)1-2-28(60(91)66(54)97)72(98)102-52-20-35-59(90)44(84)19-34(69(35)103-67(52)22-5-39(79)61(92)40(80)6-22)53-56-38(78)11-26(75)14-51(56)101-68(23-7-41(81)62(93)42(82)8-23)57(53)58(89)21-3-29-31(16-46(86)65(96)55(29)63(94)43(83)4-21)71-48(88)18-33-37(77)10-25(74)13-50(33)100-71/h1-16,19,47-48,52-53,57,67-68,70-71,73-82,84-88,90,92-93,95-96H,17-18,20H2,(H,83,94)(H,91,97). The number of phenolic OH excluding ortho intramolecular Hbond substituents is 18. The van der Waals surface area contributed by atoms with E-state index in [1.165, 1.54) is 0 Å². The second kappa shape index (κ2) is 24.1. The molecule has 9 unspecified atom stereocenters. The molecule has 4 heterocycles. The molecule has 0 radical (unpaired) electrons. The van der Waals surface area contributed by atoms with Crippen LogP contribution in [0.4, 0.5) is 0 Å². The van der Waals surface area contributed by atoms with E-state index in [1.54, 1.807) is 0 Å². The number of hydrogen-bond acceptors (Lipinski definition) is 31. The molecule has 0 spiro atoms. The molecule has 31 nitrogen and oxygen atoms in total. The van der Waals surface area contributed by atoms with Gasteiger partial charge in [-0.2, -0.15) is 0 Å². The number of aliphatic hydroxyl groups is 2. The summed E-state index contributed by atoms with van der Waals surface area (Å²) < 4.78 is 31.2. The van der Waals surface area contributed by atoms with Crippen molar-refractivity contribution in [3.63, 3.8) is 0 Å². The normalized spacial score (nSPS) is 20.2. The Kier molecular flexibility index (Phi) is 15.5. The van der Waals surface area contributed by atoms with Crippen LogP contribution in [0.5, 0.6) is 138 Å². The number of aliphatic hydroxyl groups excluding tert-OH is 2. The van der Waals surface area contributed by atoms with Gasteiger partial charge < -0.3 is 136 Å². The fourth-order valence-corrected chi connectivity index (χ4v) is 14.1. The molecule has 14 rings (SSSR count). The van der Waals surface area contributed by atoms with E-state index >= 15 is 4.79 Å². The molecule has 0 saturated carbocycles. The van der Waals surface area contributed by atoms with Gasteiger partial charge in [0.2, 0.25) is 10.9 Å². The zero-order valence-corrected chi connectivity index (χ0v) is 52.1. The van der Waals surface area contributed by atoms with Crippen LogP contribution in [0.25, 0.3) is 21.5 Å². The summed E-state index contributed by atoms with van der Waals surface area (Å²) in [4.78, 5) is 60.3. The van der Waals surface area contributed by atoms with E-state index in [4.69, 9.17) is 23.7 Å². The van der Waals surface area contributed by atoms with Crippen molar-refractivity contribution in [1.82, 2.24) is 0 Å². The zero-order chi connectivity index (χ0) is 73.7. The van der Waals surface area contributed by atoms with E-state index in [0.29, 0.717) is 6.07 Å². The van der Waals surface area contributed by atoms with Crippen LogP contribution in [0.2, 0.25) is 0 Å². The minimum atomic E-state index is -2.22. The Morgan fingerprint density at radius 3 is 1.38 bits per heavy atom. The first-order valence-corrected chi connectivity index (χ1v) is 30.8. The van der Waals surface area contributed by atoms with Gasteiger partial charge in [0, 0.05) is 117 Å². The van der Waals surface area contributed by atoms with Gasteiger partial charge in [0.05, 0.1) is 28.9 Å². The van der Waals surface area contributed by atoms with Crippen LogP contribution in [0.15, 0.2) is 113 Å². The maximum atomic E-state index is 16.5. The van der Waals surface area contributed by atoms with Gasteiger partial charge in [-0.3, -0.25) is 14.4 Å². The molecule has 0 amide bonds. The van der Waals surface area contributed by atoms with Crippen molar-refractivity contribution < 1.29 is 146 Å². The molecule has 0 aliphatic carbocycles. The van der Waals surface area contributed by atoms with Crippen molar-refractivity contribution in [1.29, 1.82) is 0 Å². The molecule has 4 aliphatic heterocycles. The van der Waals surface area contributed by atoms with Crippen molar-refractivity contribution in [3.05, 3.63) is 185 Å². The van der Waals surface area contributed by atoms with E-state index in [0.717, 1.165) is 97.1 Å². The summed E-state index contributed by atoms with van der Waals surface area (Å²) >= 11 is 0. The van der Waals surface area contributed by atoms with Gasteiger partial charge >= 0.3 is 5.97 Å². The highest BCUT2D eigenvalue weighted by Gasteiger charge is 2.51. The number of aromatic hydroxyl groups is 20. The second-order valence-electron chi connectivity index (χ2n) is 25.1. The van der Waals surface area contributed by atoms with Gasteiger partial charge in [-0.1, -0.05) is 6.07 Å². The number of carbonyl (C=O) groups is 2. The lowest BCUT2D eigenvalue weighted by molar-refractivity contribution is -0.0197. The Morgan fingerprint density at radius 1 is 0.379 bits per heavy atom. The monoisotopic (exact) mass is 1410 g/mol. The van der Waals surface area contributed by atoms with Gasteiger partial charge in [0.25, 0.3) is 0 Å². The predicted octanol–water partition coefficient (Wildman–Crippen LogP) is 6.57. The average molecular weight is 1420 g/mol. The number of fused-ring (bicyclic) bond motifs is 6. The predicted molar refractivity (Wildman–Crippen MR) is 348 cm³/mol. The summed E-state index contributed by atoms with van der Waals surface area (Å²) in [5, 5.41) is 244. The van der Waals surface area contributed by atoms with Crippen LogP contribution in [-0.4, -0.2) is 142 Å². The highest BCUT2D eigenvalue weighted by Crippen LogP contribution is 2.61. The summed E-state index contributed by atoms with van der Waals surface area (Å²) in [7, 11) is 0. The third-order valence-electron chi connectivity index (χ3n) is 18.8. The molecular formula is C72H54O31. The van der Waals surface area contributed by atoms with Crippen LogP contribution in [0, 0.1) is 5.92 Å². The zero-order valence-electron chi connectivity index (χ0n) is 52.1. The Morgan fingerprint density at radius 2 is 0.835 bits per heavy atom. The van der Waals surface area contributed by atoms with E-state index in [2.05, 4.69) is 0 Å². The van der Waals surface area contributed by atoms with Gasteiger partial charge in [0.1, 0.15) is 75.3 Å². The van der Waals surface area contributed by atoms with Gasteiger partial charge in [-0.25, -0.2) is 4.79 Å². The highest BCUT2D eigenvalue weighted by molar-refractivity contribution is 6.05. The molecule has 0 aromatic heterocycles. The summed E-state index contributed by atoms with van der Waals surface area (Å²) in [6.07, 6.45) is -14.4. The van der Waals surface area contributed by atoms with Gasteiger partial charge in [-0.05, 0) is 71.4 Å². The van der Waals surface area contributed by atoms with E-state index < -0.39 is 272 Å². The van der Waals surface area contributed by atoms with Crippen LogP contribution in [0.1, 0.15) is 101 Å². The summed E-state index contributed by atoms with van der Waals surface area (Å²) in [5.41, 5.74) is -7.89. The maximum Gasteiger partial charge on any atom is 0.342 e. The second-order valence-corrected chi connectivity index (χ2v) is 25.1. The number of rotatable bonds is 9. The lowest BCUT2D eigenvalue weighted by Gasteiger charge is -2.42.